The number of aryl methyl sites for hydroxylation is 1. The number of fused-ring (bicyclic) bond motifs is 1. The summed E-state index contributed by atoms with van der Waals surface area (Å²) in [4.78, 5) is 4.78. The van der Waals surface area contributed by atoms with Gasteiger partial charge in [-0.3, -0.25) is 0 Å². The van der Waals surface area contributed by atoms with Crippen molar-refractivity contribution < 1.29 is 21.6 Å². The molecule has 0 bridgehead atoms. The van der Waals surface area contributed by atoms with E-state index in [9.17, 15) is 21.6 Å². The maximum atomic E-state index is 13.0. The zero-order valence-electron chi connectivity index (χ0n) is 18.8. The fourth-order valence-corrected chi connectivity index (χ4v) is 5.04. The van der Waals surface area contributed by atoms with Crippen molar-refractivity contribution in [1.29, 1.82) is 5.26 Å². The first-order chi connectivity index (χ1) is 15.3. The highest BCUT2D eigenvalue weighted by molar-refractivity contribution is 7.90. The van der Waals surface area contributed by atoms with Crippen molar-refractivity contribution in [2.75, 3.05) is 0 Å². The highest BCUT2D eigenvalue weighted by Crippen LogP contribution is 2.30. The van der Waals surface area contributed by atoms with Crippen LogP contribution in [0, 0.1) is 11.3 Å². The van der Waals surface area contributed by atoms with E-state index in [-0.39, 0.29) is 22.5 Å². The summed E-state index contributed by atoms with van der Waals surface area (Å²) in [5.74, 6) is 0.486. The Morgan fingerprint density at radius 3 is 2.27 bits per heavy atom. The Hall–Kier alpha value is -2.86. The van der Waals surface area contributed by atoms with Crippen LogP contribution in [0.25, 0.3) is 11.0 Å². The molecule has 0 atom stereocenters. The fraction of sp³-hybridized carbons (Fsp3) is 0.417. The molecule has 1 heterocycles. The molecule has 3 aromatic rings. The minimum Gasteiger partial charge on any atom is -0.328 e. The van der Waals surface area contributed by atoms with Crippen LogP contribution in [0.15, 0.2) is 47.4 Å². The molecule has 0 amide bonds. The summed E-state index contributed by atoms with van der Waals surface area (Å²) in [6.07, 6.45) is -4.65. The molecule has 0 unspecified atom stereocenters. The molecular formula is C24H26F3N3O2S. The van der Waals surface area contributed by atoms with Crippen molar-refractivity contribution in [3.63, 3.8) is 0 Å². The fourth-order valence-electron chi connectivity index (χ4n) is 3.68. The lowest BCUT2D eigenvalue weighted by Gasteiger charge is -2.20. The molecule has 0 aliphatic heterocycles. The van der Waals surface area contributed by atoms with E-state index in [4.69, 9.17) is 5.26 Å². The van der Waals surface area contributed by atoms with Gasteiger partial charge in [0.15, 0.2) is 9.84 Å². The molecule has 0 N–H and O–H groups in total. The minimum atomic E-state index is -4.18. The van der Waals surface area contributed by atoms with Crippen LogP contribution < -0.4 is 0 Å². The van der Waals surface area contributed by atoms with Crippen molar-refractivity contribution in [3.8, 4) is 6.07 Å². The van der Waals surface area contributed by atoms with Crippen LogP contribution in [-0.2, 0) is 27.5 Å². The monoisotopic (exact) mass is 477 g/mol. The Kier molecular flexibility index (Phi) is 6.89. The van der Waals surface area contributed by atoms with Gasteiger partial charge in [-0.2, -0.15) is 18.4 Å². The van der Waals surface area contributed by atoms with Crippen molar-refractivity contribution in [3.05, 3.63) is 59.4 Å². The number of alkyl halides is 3. The summed E-state index contributed by atoms with van der Waals surface area (Å²) in [6.45, 7) is 6.26. The number of benzene rings is 2. The largest absolute Gasteiger partial charge is 0.389 e. The molecule has 3 rings (SSSR count). The summed E-state index contributed by atoms with van der Waals surface area (Å²) in [5, 5.41) is 8.90. The van der Waals surface area contributed by atoms with E-state index in [1.165, 1.54) is 12.1 Å². The van der Waals surface area contributed by atoms with Gasteiger partial charge in [-0.1, -0.05) is 32.9 Å². The quantitative estimate of drug-likeness (QED) is 0.396. The van der Waals surface area contributed by atoms with Gasteiger partial charge in [-0.15, -0.1) is 0 Å². The van der Waals surface area contributed by atoms with Crippen molar-refractivity contribution in [1.82, 2.24) is 9.55 Å². The number of sulfone groups is 1. The number of hydrogen-bond acceptors (Lipinski definition) is 4. The molecule has 9 heteroatoms. The first-order valence-corrected chi connectivity index (χ1v) is 12.2. The zero-order valence-corrected chi connectivity index (χ0v) is 19.6. The SMILES string of the molecule is CC(C)(C)c1nc2cc(S(=O)(=O)Cc3ccc(C#N)cc3)ccc2n1CCCCC(F)(F)F. The van der Waals surface area contributed by atoms with E-state index in [1.807, 2.05) is 31.4 Å². The van der Waals surface area contributed by atoms with Gasteiger partial charge >= 0.3 is 6.18 Å². The zero-order chi connectivity index (χ0) is 24.4. The number of unbranched alkanes of at least 4 members (excludes halogenated alkanes) is 1. The Labute approximate surface area is 191 Å². The third kappa shape index (κ3) is 6.14. The average Bonchev–Trinajstić information content (AvgIpc) is 3.09. The molecule has 0 fully saturated rings. The summed E-state index contributed by atoms with van der Waals surface area (Å²) in [5.41, 5.74) is 1.85. The highest BCUT2D eigenvalue weighted by Gasteiger charge is 2.27. The van der Waals surface area contributed by atoms with Gasteiger partial charge in [0.25, 0.3) is 0 Å². The van der Waals surface area contributed by atoms with Crippen LogP contribution in [0.1, 0.15) is 57.0 Å². The molecule has 2 aromatic carbocycles. The number of imidazole rings is 1. The van der Waals surface area contributed by atoms with E-state index in [0.717, 1.165) is 0 Å². The Balaban J connectivity index is 1.91. The third-order valence-corrected chi connectivity index (χ3v) is 6.97. The normalized spacial score (nSPS) is 12.8. The van der Waals surface area contributed by atoms with Gasteiger partial charge in [-0.25, -0.2) is 13.4 Å². The van der Waals surface area contributed by atoms with E-state index >= 15 is 0 Å². The van der Waals surface area contributed by atoms with Crippen LogP contribution in [0.3, 0.4) is 0 Å². The Bertz CT molecular complexity index is 1280. The van der Waals surface area contributed by atoms with Crippen molar-refractivity contribution in [2.45, 2.75) is 68.8 Å². The van der Waals surface area contributed by atoms with Gasteiger partial charge in [-0.05, 0) is 48.7 Å². The second kappa shape index (κ2) is 9.18. The standard InChI is InChI=1S/C24H26F3N3O2S/c1-23(2,3)22-29-20-14-19(33(31,32)16-18-8-6-17(15-28)7-9-18)10-11-21(20)30(22)13-5-4-12-24(25,26)27/h6-11,14H,4-5,12-13,16H2,1-3H3. The molecule has 0 spiro atoms. The van der Waals surface area contributed by atoms with Crippen molar-refractivity contribution in [2.24, 2.45) is 0 Å². The lowest BCUT2D eigenvalue weighted by atomic mass is 9.95. The Morgan fingerprint density at radius 2 is 1.70 bits per heavy atom. The summed E-state index contributed by atoms with van der Waals surface area (Å²) >= 11 is 0. The molecule has 0 radical (unpaired) electrons. The molecule has 0 aliphatic rings. The smallest absolute Gasteiger partial charge is 0.328 e. The first kappa shape index (κ1) is 24.8. The van der Waals surface area contributed by atoms with E-state index in [2.05, 4.69) is 4.98 Å². The van der Waals surface area contributed by atoms with Crippen LogP contribution in [0.4, 0.5) is 13.2 Å². The van der Waals surface area contributed by atoms with E-state index < -0.39 is 22.4 Å². The van der Waals surface area contributed by atoms with Gasteiger partial charge in [0.1, 0.15) is 5.82 Å². The summed E-state index contributed by atoms with van der Waals surface area (Å²) in [7, 11) is -3.66. The van der Waals surface area contributed by atoms with Gasteiger partial charge in [0.2, 0.25) is 0 Å². The molecule has 176 valence electrons. The lowest BCUT2D eigenvalue weighted by Crippen LogP contribution is -2.19. The molecule has 0 saturated carbocycles. The van der Waals surface area contributed by atoms with Crippen LogP contribution in [-0.4, -0.2) is 24.1 Å². The number of rotatable bonds is 7. The van der Waals surface area contributed by atoms with Gasteiger partial charge < -0.3 is 4.57 Å². The summed E-state index contributed by atoms with van der Waals surface area (Å²) < 4.78 is 65.4. The highest BCUT2D eigenvalue weighted by atomic mass is 32.2. The number of nitriles is 1. The third-order valence-electron chi connectivity index (χ3n) is 5.28. The summed E-state index contributed by atoms with van der Waals surface area (Å²) in [6, 6.07) is 13.1. The van der Waals surface area contributed by atoms with Crippen LogP contribution >= 0.6 is 0 Å². The molecular weight excluding hydrogens is 451 g/mol. The topological polar surface area (TPSA) is 75.8 Å². The van der Waals surface area contributed by atoms with Gasteiger partial charge in [0.05, 0.1) is 33.3 Å². The van der Waals surface area contributed by atoms with Gasteiger partial charge in [0, 0.05) is 18.4 Å². The number of halogens is 3. The van der Waals surface area contributed by atoms with Crippen LogP contribution in [0.2, 0.25) is 0 Å². The lowest BCUT2D eigenvalue weighted by molar-refractivity contribution is -0.135. The molecule has 33 heavy (non-hydrogen) atoms. The Morgan fingerprint density at radius 1 is 1.03 bits per heavy atom. The van der Waals surface area contributed by atoms with E-state index in [0.29, 0.717) is 41.0 Å². The molecule has 1 aromatic heterocycles. The maximum Gasteiger partial charge on any atom is 0.389 e. The first-order valence-electron chi connectivity index (χ1n) is 10.6. The molecule has 0 aliphatic carbocycles. The molecule has 0 saturated heterocycles. The minimum absolute atomic E-state index is 0.0177. The van der Waals surface area contributed by atoms with E-state index in [1.54, 1.807) is 30.3 Å². The number of nitrogens with zero attached hydrogens (tertiary/aromatic N) is 3. The predicted molar refractivity (Wildman–Crippen MR) is 120 cm³/mol. The maximum absolute atomic E-state index is 13.0. The van der Waals surface area contributed by atoms with Crippen LogP contribution in [0.5, 0.6) is 0 Å². The molecule has 5 nitrogen and oxygen atoms in total. The average molecular weight is 478 g/mol. The van der Waals surface area contributed by atoms with Crippen molar-refractivity contribution >= 4 is 20.9 Å². The second-order valence-electron chi connectivity index (χ2n) is 9.13. The number of aromatic nitrogens is 2. The predicted octanol–water partition coefficient (Wildman–Crippen LogP) is 5.91. The number of hydrogen-bond donors (Lipinski definition) is 0. The second-order valence-corrected chi connectivity index (χ2v) is 11.1.